The van der Waals surface area contributed by atoms with Gasteiger partial charge in [-0.15, -0.1) is 0 Å². The number of amides is 1. The fourth-order valence-corrected chi connectivity index (χ4v) is 2.65. The standard InChI is InChI=1S/C15H16N4O3/c20-14(18-9-2-1-6-12(18)15(21)22)11-5-3-7-13(17-11)19-10-4-8-16-19/h3-5,7-8,10,12H,1-2,6,9H2,(H,21,22)/t12-/m1/s1. The Bertz CT molecular complexity index is 684. The van der Waals surface area contributed by atoms with E-state index in [0.29, 0.717) is 18.8 Å². The first-order chi connectivity index (χ1) is 10.7. The van der Waals surface area contributed by atoms with Gasteiger partial charge in [-0.1, -0.05) is 6.07 Å². The minimum Gasteiger partial charge on any atom is -0.480 e. The first kappa shape index (κ1) is 14.2. The van der Waals surface area contributed by atoms with Crippen LogP contribution in [0.5, 0.6) is 0 Å². The fourth-order valence-electron chi connectivity index (χ4n) is 2.65. The molecule has 1 aliphatic heterocycles. The van der Waals surface area contributed by atoms with E-state index in [4.69, 9.17) is 0 Å². The van der Waals surface area contributed by atoms with Gasteiger partial charge in [0.1, 0.15) is 11.7 Å². The van der Waals surface area contributed by atoms with Crippen molar-refractivity contribution >= 4 is 11.9 Å². The molecular weight excluding hydrogens is 284 g/mol. The second kappa shape index (κ2) is 5.97. The number of hydrogen-bond acceptors (Lipinski definition) is 4. The van der Waals surface area contributed by atoms with Crippen molar-refractivity contribution < 1.29 is 14.7 Å². The van der Waals surface area contributed by atoms with E-state index in [9.17, 15) is 14.7 Å². The van der Waals surface area contributed by atoms with Crippen LogP contribution in [0.25, 0.3) is 5.82 Å². The summed E-state index contributed by atoms with van der Waals surface area (Å²) in [6, 6.07) is 6.06. The number of nitrogens with zero attached hydrogens (tertiary/aromatic N) is 4. The summed E-state index contributed by atoms with van der Waals surface area (Å²) >= 11 is 0. The summed E-state index contributed by atoms with van der Waals surface area (Å²) in [7, 11) is 0. The third-order valence-corrected chi connectivity index (χ3v) is 3.74. The summed E-state index contributed by atoms with van der Waals surface area (Å²) in [6.07, 6.45) is 5.48. The van der Waals surface area contributed by atoms with Crippen LogP contribution in [-0.2, 0) is 4.79 Å². The van der Waals surface area contributed by atoms with Crippen LogP contribution < -0.4 is 0 Å². The highest BCUT2D eigenvalue weighted by Crippen LogP contribution is 2.19. The molecule has 2 aromatic rings. The molecule has 0 aliphatic carbocycles. The Balaban J connectivity index is 1.88. The number of carboxylic acids is 1. The number of carbonyl (C=O) groups excluding carboxylic acids is 1. The summed E-state index contributed by atoms with van der Waals surface area (Å²) in [5, 5.41) is 13.4. The predicted molar refractivity (Wildman–Crippen MR) is 77.7 cm³/mol. The second-order valence-electron chi connectivity index (χ2n) is 5.18. The number of carboxylic acid groups (broad SMARTS) is 1. The smallest absolute Gasteiger partial charge is 0.326 e. The average Bonchev–Trinajstić information content (AvgIpc) is 3.09. The van der Waals surface area contributed by atoms with E-state index >= 15 is 0 Å². The summed E-state index contributed by atoms with van der Waals surface area (Å²) < 4.78 is 1.56. The van der Waals surface area contributed by atoms with Gasteiger partial charge in [0, 0.05) is 18.9 Å². The van der Waals surface area contributed by atoms with Crippen LogP contribution in [0.1, 0.15) is 29.8 Å². The van der Waals surface area contributed by atoms with Gasteiger partial charge in [0.15, 0.2) is 5.82 Å². The van der Waals surface area contributed by atoms with Gasteiger partial charge in [-0.2, -0.15) is 5.10 Å². The van der Waals surface area contributed by atoms with E-state index in [1.165, 1.54) is 4.90 Å². The molecule has 1 saturated heterocycles. The van der Waals surface area contributed by atoms with E-state index in [2.05, 4.69) is 10.1 Å². The summed E-state index contributed by atoms with van der Waals surface area (Å²) in [4.78, 5) is 29.6. The summed E-state index contributed by atoms with van der Waals surface area (Å²) in [6.45, 7) is 0.448. The maximum atomic E-state index is 12.6. The highest BCUT2D eigenvalue weighted by molar-refractivity contribution is 5.95. The highest BCUT2D eigenvalue weighted by atomic mass is 16.4. The number of likely N-dealkylation sites (tertiary alicyclic amines) is 1. The lowest BCUT2D eigenvalue weighted by Crippen LogP contribution is -2.48. The van der Waals surface area contributed by atoms with E-state index in [1.54, 1.807) is 41.3 Å². The van der Waals surface area contributed by atoms with Crippen LogP contribution in [0.15, 0.2) is 36.7 Å². The van der Waals surface area contributed by atoms with Crippen LogP contribution >= 0.6 is 0 Å². The molecule has 2 aromatic heterocycles. The van der Waals surface area contributed by atoms with E-state index in [1.807, 2.05) is 0 Å². The van der Waals surface area contributed by atoms with Crippen LogP contribution in [0.4, 0.5) is 0 Å². The van der Waals surface area contributed by atoms with Crippen LogP contribution in [-0.4, -0.2) is 49.2 Å². The van der Waals surface area contributed by atoms with Crippen molar-refractivity contribution in [2.75, 3.05) is 6.54 Å². The molecule has 1 amide bonds. The van der Waals surface area contributed by atoms with Gasteiger partial charge in [-0.25, -0.2) is 14.5 Å². The van der Waals surface area contributed by atoms with Gasteiger partial charge in [-0.05, 0) is 37.5 Å². The molecule has 7 heteroatoms. The van der Waals surface area contributed by atoms with Crippen LogP contribution in [0.2, 0.25) is 0 Å². The number of hydrogen-bond donors (Lipinski definition) is 1. The van der Waals surface area contributed by atoms with Gasteiger partial charge < -0.3 is 10.0 Å². The molecular formula is C15H16N4O3. The van der Waals surface area contributed by atoms with Crippen LogP contribution in [0.3, 0.4) is 0 Å². The zero-order valence-electron chi connectivity index (χ0n) is 11.9. The molecule has 1 N–H and O–H groups in total. The summed E-state index contributed by atoms with van der Waals surface area (Å²) in [5.74, 6) is -0.780. The minimum absolute atomic E-state index is 0.237. The van der Waals surface area contributed by atoms with Crippen molar-refractivity contribution in [1.29, 1.82) is 0 Å². The zero-order chi connectivity index (χ0) is 15.5. The molecule has 0 radical (unpaired) electrons. The van der Waals surface area contributed by atoms with E-state index in [-0.39, 0.29) is 11.6 Å². The Morgan fingerprint density at radius 2 is 2.09 bits per heavy atom. The molecule has 22 heavy (non-hydrogen) atoms. The molecule has 0 saturated carbocycles. The normalized spacial score (nSPS) is 18.2. The maximum Gasteiger partial charge on any atom is 0.326 e. The zero-order valence-corrected chi connectivity index (χ0v) is 11.9. The Morgan fingerprint density at radius 1 is 1.23 bits per heavy atom. The van der Waals surface area contributed by atoms with Crippen molar-refractivity contribution in [3.8, 4) is 5.82 Å². The predicted octanol–water partition coefficient (Wildman–Crippen LogP) is 1.35. The lowest BCUT2D eigenvalue weighted by molar-refractivity contribution is -0.143. The van der Waals surface area contributed by atoms with Crippen molar-refractivity contribution in [2.45, 2.75) is 25.3 Å². The van der Waals surface area contributed by atoms with Crippen molar-refractivity contribution in [3.05, 3.63) is 42.4 Å². The van der Waals surface area contributed by atoms with Crippen molar-refractivity contribution in [3.63, 3.8) is 0 Å². The quantitative estimate of drug-likeness (QED) is 0.924. The number of piperidine rings is 1. The SMILES string of the molecule is O=C(O)[C@H]1CCCCN1C(=O)c1cccc(-n2cccn2)n1. The Morgan fingerprint density at radius 3 is 2.82 bits per heavy atom. The molecule has 1 fully saturated rings. The number of carbonyl (C=O) groups is 2. The van der Waals surface area contributed by atoms with Gasteiger partial charge in [0.25, 0.3) is 5.91 Å². The first-order valence-electron chi connectivity index (χ1n) is 7.17. The van der Waals surface area contributed by atoms with Crippen LogP contribution in [0, 0.1) is 0 Å². The molecule has 0 bridgehead atoms. The molecule has 1 atom stereocenters. The Hall–Kier alpha value is -2.70. The third kappa shape index (κ3) is 2.69. The lowest BCUT2D eigenvalue weighted by Gasteiger charge is -2.32. The molecule has 0 spiro atoms. The van der Waals surface area contributed by atoms with E-state index < -0.39 is 12.0 Å². The molecule has 1 aliphatic rings. The van der Waals surface area contributed by atoms with E-state index in [0.717, 1.165) is 12.8 Å². The topological polar surface area (TPSA) is 88.3 Å². The van der Waals surface area contributed by atoms with Crippen molar-refractivity contribution in [2.24, 2.45) is 0 Å². The Labute approximate surface area is 127 Å². The monoisotopic (exact) mass is 300 g/mol. The molecule has 3 rings (SSSR count). The minimum atomic E-state index is -0.962. The highest BCUT2D eigenvalue weighted by Gasteiger charge is 2.33. The molecule has 0 aromatic carbocycles. The van der Waals surface area contributed by atoms with Gasteiger partial charge in [0.05, 0.1) is 0 Å². The lowest BCUT2D eigenvalue weighted by atomic mass is 10.0. The number of pyridine rings is 1. The molecule has 0 unspecified atom stereocenters. The maximum absolute atomic E-state index is 12.6. The number of aliphatic carboxylic acids is 1. The second-order valence-corrected chi connectivity index (χ2v) is 5.18. The largest absolute Gasteiger partial charge is 0.480 e. The first-order valence-corrected chi connectivity index (χ1v) is 7.17. The molecule has 7 nitrogen and oxygen atoms in total. The summed E-state index contributed by atoms with van der Waals surface area (Å²) in [5.41, 5.74) is 0.237. The van der Waals surface area contributed by atoms with Crippen molar-refractivity contribution in [1.82, 2.24) is 19.7 Å². The number of rotatable bonds is 3. The van der Waals surface area contributed by atoms with Gasteiger partial charge >= 0.3 is 5.97 Å². The molecule has 114 valence electrons. The average molecular weight is 300 g/mol. The van der Waals surface area contributed by atoms with Gasteiger partial charge in [-0.3, -0.25) is 4.79 Å². The molecule has 3 heterocycles. The Kier molecular flexibility index (Phi) is 3.86. The number of aromatic nitrogens is 3. The fraction of sp³-hybridized carbons (Fsp3) is 0.333. The van der Waals surface area contributed by atoms with Gasteiger partial charge in [0.2, 0.25) is 0 Å². The third-order valence-electron chi connectivity index (χ3n) is 3.74.